The molecule has 0 amide bonds. The fourth-order valence-electron chi connectivity index (χ4n) is 4.59. The lowest BCUT2D eigenvalue weighted by Gasteiger charge is -2.36. The van der Waals surface area contributed by atoms with Crippen LogP contribution in [0.1, 0.15) is 37.1 Å². The monoisotopic (exact) mass is 570 g/mol. The molecule has 1 N–H and O–H groups in total. The van der Waals surface area contributed by atoms with Crippen LogP contribution in [0.4, 0.5) is 18.9 Å². The van der Waals surface area contributed by atoms with E-state index in [2.05, 4.69) is 30.8 Å². The highest BCUT2D eigenvalue weighted by Crippen LogP contribution is 2.34. The minimum absolute atomic E-state index is 0.188. The second kappa shape index (κ2) is 13.0. The molecule has 0 saturated carbocycles. The summed E-state index contributed by atoms with van der Waals surface area (Å²) in [6.07, 6.45) is 0.383. The van der Waals surface area contributed by atoms with Crippen LogP contribution in [-0.2, 0) is 12.6 Å². The van der Waals surface area contributed by atoms with Gasteiger partial charge in [-0.25, -0.2) is 4.98 Å². The summed E-state index contributed by atoms with van der Waals surface area (Å²) in [5.74, 6) is 0.188. The van der Waals surface area contributed by atoms with E-state index < -0.39 is 17.9 Å². The molecular formula is C29H30ClF3N6O. The largest absolute Gasteiger partial charge is 0.433 e. The predicted molar refractivity (Wildman–Crippen MR) is 150 cm³/mol. The molecule has 0 radical (unpaired) electrons. The number of aromatic amines is 1. The van der Waals surface area contributed by atoms with Crippen molar-refractivity contribution in [2.24, 2.45) is 0 Å². The number of nitriles is 1. The number of halogens is 4. The molecule has 7 nitrogen and oxygen atoms in total. The van der Waals surface area contributed by atoms with Gasteiger partial charge in [-0.1, -0.05) is 25.4 Å². The molecule has 2 aromatic carbocycles. The summed E-state index contributed by atoms with van der Waals surface area (Å²) in [5, 5.41) is 10.6. The Morgan fingerprint density at radius 3 is 2.55 bits per heavy atom. The second-order valence-electron chi connectivity index (χ2n) is 9.06. The van der Waals surface area contributed by atoms with Gasteiger partial charge in [0.05, 0.1) is 16.7 Å². The number of nitrogens with zero attached hydrogens (tertiary/aromatic N) is 5. The molecule has 2 aromatic heterocycles. The number of nitrogens with one attached hydrogen (secondary N) is 1. The van der Waals surface area contributed by atoms with Gasteiger partial charge in [-0.2, -0.15) is 23.4 Å². The number of aromatic nitrogens is 3. The number of alkyl halides is 3. The van der Waals surface area contributed by atoms with Crippen LogP contribution in [0, 0.1) is 11.3 Å². The number of piperazine rings is 1. The standard InChI is InChI=1S/C27H24ClF3N6O.C2H6/c28-22-15-20(4-6-24(22)38-26-33-8-7-25(35-26)27(29,30)31)37-12-10-36(11-13-37)9-1-2-19-17-34-23-5-3-18(16-32)14-21(19)23;1-2/h3-8,14-15,17,34H,1-2,9-13H2;1-2H3. The fraction of sp³-hybridized carbons (Fsp3) is 0.345. The maximum atomic E-state index is 12.9. The van der Waals surface area contributed by atoms with Gasteiger partial charge in [-0.3, -0.25) is 4.90 Å². The quantitative estimate of drug-likeness (QED) is 0.256. The number of anilines is 1. The van der Waals surface area contributed by atoms with Crippen molar-refractivity contribution in [1.29, 1.82) is 5.26 Å². The van der Waals surface area contributed by atoms with Gasteiger partial charge >= 0.3 is 12.2 Å². The van der Waals surface area contributed by atoms with E-state index in [-0.39, 0.29) is 10.8 Å². The maximum Gasteiger partial charge on any atom is 0.433 e. The van der Waals surface area contributed by atoms with Crippen LogP contribution in [0.3, 0.4) is 0 Å². The normalized spacial score (nSPS) is 14.0. The van der Waals surface area contributed by atoms with Crippen LogP contribution in [0.25, 0.3) is 10.9 Å². The molecule has 40 heavy (non-hydrogen) atoms. The number of aryl methyl sites for hydroxylation is 1. The summed E-state index contributed by atoms with van der Waals surface area (Å²) in [6.45, 7) is 8.43. The molecule has 11 heteroatoms. The van der Waals surface area contributed by atoms with Crippen LogP contribution >= 0.6 is 11.6 Å². The van der Waals surface area contributed by atoms with Crippen LogP contribution in [-0.4, -0.2) is 52.6 Å². The third kappa shape index (κ3) is 7.03. The fourth-order valence-corrected chi connectivity index (χ4v) is 4.81. The van der Waals surface area contributed by atoms with Crippen molar-refractivity contribution < 1.29 is 17.9 Å². The number of hydrogen-bond acceptors (Lipinski definition) is 6. The molecule has 4 aromatic rings. The second-order valence-corrected chi connectivity index (χ2v) is 9.46. The van der Waals surface area contributed by atoms with Crippen LogP contribution in [0.15, 0.2) is 54.9 Å². The topological polar surface area (TPSA) is 81.1 Å². The van der Waals surface area contributed by atoms with E-state index >= 15 is 0 Å². The van der Waals surface area contributed by atoms with Gasteiger partial charge in [-0.05, 0) is 67.4 Å². The molecule has 1 fully saturated rings. The number of H-pyrrole nitrogens is 1. The minimum atomic E-state index is -4.59. The van der Waals surface area contributed by atoms with Gasteiger partial charge in [0.2, 0.25) is 0 Å². The van der Waals surface area contributed by atoms with E-state index in [1.54, 1.807) is 12.1 Å². The maximum absolute atomic E-state index is 12.9. The molecule has 3 heterocycles. The van der Waals surface area contributed by atoms with Crippen LogP contribution in [0.2, 0.25) is 5.02 Å². The highest BCUT2D eigenvalue weighted by atomic mass is 35.5. The summed E-state index contributed by atoms with van der Waals surface area (Å²) in [4.78, 5) is 15.1. The molecule has 1 aliphatic heterocycles. The van der Waals surface area contributed by atoms with Crippen LogP contribution < -0.4 is 9.64 Å². The van der Waals surface area contributed by atoms with Gasteiger partial charge in [0, 0.05) is 55.2 Å². The molecular weight excluding hydrogens is 541 g/mol. The average molecular weight is 571 g/mol. The lowest BCUT2D eigenvalue weighted by molar-refractivity contribution is -0.141. The lowest BCUT2D eigenvalue weighted by atomic mass is 10.1. The van der Waals surface area contributed by atoms with Crippen molar-refractivity contribution in [3.63, 3.8) is 0 Å². The number of rotatable bonds is 7. The minimum Gasteiger partial charge on any atom is -0.423 e. The Morgan fingerprint density at radius 1 is 1.07 bits per heavy atom. The summed E-state index contributed by atoms with van der Waals surface area (Å²) in [5.41, 5.74) is 2.77. The van der Waals surface area contributed by atoms with Crippen molar-refractivity contribution in [3.05, 3.63) is 76.7 Å². The first-order chi connectivity index (χ1) is 19.3. The Labute approximate surface area is 236 Å². The summed E-state index contributed by atoms with van der Waals surface area (Å²) in [6, 6.07) is 13.5. The molecule has 1 aliphatic rings. The predicted octanol–water partition coefficient (Wildman–Crippen LogP) is 7.08. The van der Waals surface area contributed by atoms with E-state index in [0.29, 0.717) is 5.56 Å². The molecule has 0 unspecified atom stereocenters. The Morgan fingerprint density at radius 2 is 1.85 bits per heavy atom. The molecule has 5 rings (SSSR count). The zero-order valence-corrected chi connectivity index (χ0v) is 23.1. The molecule has 0 spiro atoms. The number of fused-ring (bicyclic) bond motifs is 1. The summed E-state index contributed by atoms with van der Waals surface area (Å²) < 4.78 is 44.1. The first kappa shape index (κ1) is 29.2. The molecule has 210 valence electrons. The van der Waals surface area contributed by atoms with Gasteiger partial charge in [0.1, 0.15) is 5.75 Å². The van der Waals surface area contributed by atoms with E-state index in [0.717, 1.165) is 74.4 Å². The van der Waals surface area contributed by atoms with Crippen molar-refractivity contribution in [2.45, 2.75) is 32.9 Å². The van der Waals surface area contributed by atoms with Gasteiger partial charge in [-0.15, -0.1) is 0 Å². The van der Waals surface area contributed by atoms with Gasteiger partial charge in [0.25, 0.3) is 0 Å². The van der Waals surface area contributed by atoms with Crippen molar-refractivity contribution in [3.8, 4) is 17.8 Å². The SMILES string of the molecule is CC.N#Cc1ccc2[nH]cc(CCCN3CCN(c4ccc(Oc5nccc(C(F)(F)F)n5)c(Cl)c4)CC3)c2c1. The van der Waals surface area contributed by atoms with Gasteiger partial charge < -0.3 is 14.6 Å². The third-order valence-electron chi connectivity index (χ3n) is 6.60. The number of hydrogen-bond donors (Lipinski definition) is 1. The van der Waals surface area contributed by atoms with E-state index in [4.69, 9.17) is 16.3 Å². The smallest absolute Gasteiger partial charge is 0.423 e. The molecule has 0 atom stereocenters. The lowest BCUT2D eigenvalue weighted by Crippen LogP contribution is -2.46. The van der Waals surface area contributed by atoms with Crippen molar-refractivity contribution >= 4 is 28.2 Å². The summed E-state index contributed by atoms with van der Waals surface area (Å²) >= 11 is 6.37. The zero-order valence-electron chi connectivity index (χ0n) is 22.3. The highest BCUT2D eigenvalue weighted by molar-refractivity contribution is 6.32. The first-order valence-electron chi connectivity index (χ1n) is 13.2. The van der Waals surface area contributed by atoms with E-state index in [1.165, 1.54) is 5.56 Å². The van der Waals surface area contributed by atoms with Crippen molar-refractivity contribution in [2.75, 3.05) is 37.6 Å². The van der Waals surface area contributed by atoms with Crippen LogP contribution in [0.5, 0.6) is 11.8 Å². The number of ether oxygens (including phenoxy) is 1. The molecule has 0 bridgehead atoms. The third-order valence-corrected chi connectivity index (χ3v) is 6.89. The van der Waals surface area contributed by atoms with E-state index in [1.807, 2.05) is 44.3 Å². The van der Waals surface area contributed by atoms with Crippen molar-refractivity contribution in [1.82, 2.24) is 19.9 Å². The Bertz CT molecular complexity index is 1470. The molecule has 1 saturated heterocycles. The Hall–Kier alpha value is -3.81. The van der Waals surface area contributed by atoms with Gasteiger partial charge in [0.15, 0.2) is 5.69 Å². The zero-order chi connectivity index (χ0) is 28.7. The number of benzene rings is 2. The first-order valence-corrected chi connectivity index (χ1v) is 13.5. The van der Waals surface area contributed by atoms with E-state index in [9.17, 15) is 18.4 Å². The average Bonchev–Trinajstić information content (AvgIpc) is 3.37. The Kier molecular flexibility index (Phi) is 9.50. The Balaban J connectivity index is 0.00000181. The molecule has 0 aliphatic carbocycles. The summed E-state index contributed by atoms with van der Waals surface area (Å²) in [7, 11) is 0. The highest BCUT2D eigenvalue weighted by Gasteiger charge is 2.33.